The number of rotatable bonds is 8. The first-order valence-electron chi connectivity index (χ1n) is 10.5. The molecular weight excluding hydrogens is 416 g/mol. The van der Waals surface area contributed by atoms with Crippen molar-refractivity contribution in [1.82, 2.24) is 19.7 Å². The van der Waals surface area contributed by atoms with Gasteiger partial charge in [0.25, 0.3) is 5.91 Å². The molecule has 31 heavy (non-hydrogen) atoms. The number of carbonyl (C=O) groups excluding carboxylic acids is 2. The van der Waals surface area contributed by atoms with Gasteiger partial charge in [0, 0.05) is 49.6 Å². The van der Waals surface area contributed by atoms with Crippen LogP contribution in [0, 0.1) is 0 Å². The number of aromatic nitrogens is 3. The summed E-state index contributed by atoms with van der Waals surface area (Å²) in [6, 6.07) is 5.72. The van der Waals surface area contributed by atoms with Gasteiger partial charge in [-0.15, -0.1) is 10.2 Å². The van der Waals surface area contributed by atoms with Gasteiger partial charge in [0.15, 0.2) is 0 Å². The van der Waals surface area contributed by atoms with E-state index in [1.807, 2.05) is 51.7 Å². The average molecular weight is 443 g/mol. The molecule has 3 aromatic rings. The SMILES string of the molecule is Cn1cccc1C(=O)N1CCCCC1CCOC(=O)CCc1nnc(-c2ccsc2)o1. The Kier molecular flexibility index (Phi) is 6.81. The third kappa shape index (κ3) is 5.22. The Bertz CT molecular complexity index is 1010. The van der Waals surface area contributed by atoms with Crippen LogP contribution in [0.2, 0.25) is 0 Å². The number of ether oxygens (including phenoxy) is 1. The maximum Gasteiger partial charge on any atom is 0.306 e. The lowest BCUT2D eigenvalue weighted by Crippen LogP contribution is -2.44. The van der Waals surface area contributed by atoms with Crippen LogP contribution < -0.4 is 0 Å². The highest BCUT2D eigenvalue weighted by Gasteiger charge is 2.28. The van der Waals surface area contributed by atoms with E-state index in [0.717, 1.165) is 31.4 Å². The summed E-state index contributed by atoms with van der Waals surface area (Å²) in [7, 11) is 1.88. The van der Waals surface area contributed by atoms with Crippen LogP contribution in [0.1, 0.15) is 48.5 Å². The number of carbonyl (C=O) groups is 2. The summed E-state index contributed by atoms with van der Waals surface area (Å²) in [6.07, 6.45) is 6.06. The Morgan fingerprint density at radius 1 is 1.29 bits per heavy atom. The number of aryl methyl sites for hydroxylation is 2. The molecule has 9 heteroatoms. The molecule has 1 atom stereocenters. The Morgan fingerprint density at radius 2 is 2.19 bits per heavy atom. The van der Waals surface area contributed by atoms with E-state index >= 15 is 0 Å². The molecule has 0 radical (unpaired) electrons. The van der Waals surface area contributed by atoms with E-state index in [1.54, 1.807) is 11.3 Å². The number of likely N-dealkylation sites (tertiary alicyclic amines) is 1. The second-order valence-corrected chi connectivity index (χ2v) is 8.45. The van der Waals surface area contributed by atoms with E-state index in [9.17, 15) is 9.59 Å². The van der Waals surface area contributed by atoms with Crippen LogP contribution in [0.4, 0.5) is 0 Å². The molecule has 1 saturated heterocycles. The van der Waals surface area contributed by atoms with Crippen molar-refractivity contribution in [2.45, 2.75) is 44.6 Å². The molecule has 1 aliphatic rings. The molecule has 1 aliphatic heterocycles. The van der Waals surface area contributed by atoms with Gasteiger partial charge in [-0.2, -0.15) is 11.3 Å². The van der Waals surface area contributed by atoms with E-state index in [1.165, 1.54) is 0 Å². The van der Waals surface area contributed by atoms with Crippen LogP contribution in [-0.4, -0.2) is 50.7 Å². The smallest absolute Gasteiger partial charge is 0.306 e. The van der Waals surface area contributed by atoms with Crippen molar-refractivity contribution >= 4 is 23.2 Å². The van der Waals surface area contributed by atoms with Crippen molar-refractivity contribution in [2.24, 2.45) is 7.05 Å². The van der Waals surface area contributed by atoms with Crippen molar-refractivity contribution < 1.29 is 18.7 Å². The molecule has 0 aromatic carbocycles. The van der Waals surface area contributed by atoms with Gasteiger partial charge in [0.1, 0.15) is 5.69 Å². The molecule has 4 rings (SSSR count). The lowest BCUT2D eigenvalue weighted by atomic mass is 9.99. The molecular formula is C22H26N4O4S. The molecule has 164 valence electrons. The van der Waals surface area contributed by atoms with Crippen molar-refractivity contribution in [3.05, 3.63) is 46.7 Å². The van der Waals surface area contributed by atoms with E-state index in [4.69, 9.17) is 9.15 Å². The van der Waals surface area contributed by atoms with Gasteiger partial charge in [-0.3, -0.25) is 9.59 Å². The zero-order valence-corrected chi connectivity index (χ0v) is 18.3. The van der Waals surface area contributed by atoms with Crippen molar-refractivity contribution in [3.63, 3.8) is 0 Å². The van der Waals surface area contributed by atoms with Gasteiger partial charge in [-0.05, 0) is 42.8 Å². The predicted molar refractivity (Wildman–Crippen MR) is 116 cm³/mol. The zero-order chi connectivity index (χ0) is 21.6. The normalized spacial score (nSPS) is 16.4. The molecule has 0 N–H and O–H groups in total. The van der Waals surface area contributed by atoms with Crippen LogP contribution in [0.5, 0.6) is 0 Å². The highest BCUT2D eigenvalue weighted by molar-refractivity contribution is 7.08. The average Bonchev–Trinajstić information content (AvgIpc) is 3.53. The highest BCUT2D eigenvalue weighted by Crippen LogP contribution is 2.23. The van der Waals surface area contributed by atoms with Crippen molar-refractivity contribution in [2.75, 3.05) is 13.2 Å². The fraction of sp³-hybridized carbons (Fsp3) is 0.455. The lowest BCUT2D eigenvalue weighted by molar-refractivity contribution is -0.144. The summed E-state index contributed by atoms with van der Waals surface area (Å²) in [5, 5.41) is 11.9. The maximum absolute atomic E-state index is 12.9. The fourth-order valence-electron chi connectivity index (χ4n) is 3.85. The number of amides is 1. The minimum atomic E-state index is -0.300. The molecule has 1 fully saturated rings. The summed E-state index contributed by atoms with van der Waals surface area (Å²) in [5.74, 6) is 0.627. The van der Waals surface area contributed by atoms with Crippen LogP contribution in [0.25, 0.3) is 11.5 Å². The third-order valence-corrected chi connectivity index (χ3v) is 6.23. The monoisotopic (exact) mass is 442 g/mol. The zero-order valence-electron chi connectivity index (χ0n) is 17.5. The highest BCUT2D eigenvalue weighted by atomic mass is 32.1. The molecule has 0 aliphatic carbocycles. The molecule has 0 bridgehead atoms. The standard InChI is InChI=1S/C22H26N4O4S/c1-25-11-4-6-18(25)22(28)26-12-3-2-5-17(26)9-13-29-20(27)8-7-19-23-24-21(30-19)16-10-14-31-15-16/h4,6,10-11,14-15,17H,2-3,5,7-9,12-13H2,1H3. The van der Waals surface area contributed by atoms with Gasteiger partial charge in [-0.1, -0.05) is 0 Å². The number of hydrogen-bond donors (Lipinski definition) is 0. The molecule has 0 spiro atoms. The van der Waals surface area contributed by atoms with Gasteiger partial charge in [-0.25, -0.2) is 0 Å². The van der Waals surface area contributed by atoms with Crippen LogP contribution in [0.3, 0.4) is 0 Å². The Morgan fingerprint density at radius 3 is 2.97 bits per heavy atom. The van der Waals surface area contributed by atoms with E-state index < -0.39 is 0 Å². The molecule has 4 heterocycles. The number of esters is 1. The third-order valence-electron chi connectivity index (χ3n) is 5.54. The minimum absolute atomic E-state index is 0.0429. The summed E-state index contributed by atoms with van der Waals surface area (Å²) >= 11 is 1.56. The maximum atomic E-state index is 12.9. The summed E-state index contributed by atoms with van der Waals surface area (Å²) < 4.78 is 12.9. The first-order valence-corrected chi connectivity index (χ1v) is 11.5. The molecule has 0 saturated carbocycles. The van der Waals surface area contributed by atoms with Crippen LogP contribution >= 0.6 is 11.3 Å². The Balaban J connectivity index is 1.23. The first-order chi connectivity index (χ1) is 15.1. The fourth-order valence-corrected chi connectivity index (χ4v) is 4.48. The number of thiophene rings is 1. The van der Waals surface area contributed by atoms with Crippen LogP contribution in [0.15, 0.2) is 39.6 Å². The summed E-state index contributed by atoms with van der Waals surface area (Å²) in [6.45, 7) is 1.04. The number of piperidine rings is 1. The van der Waals surface area contributed by atoms with Gasteiger partial charge in [0.05, 0.1) is 13.0 Å². The van der Waals surface area contributed by atoms with E-state index in [2.05, 4.69) is 10.2 Å². The molecule has 1 unspecified atom stereocenters. The molecule has 3 aromatic heterocycles. The minimum Gasteiger partial charge on any atom is -0.466 e. The Hall–Kier alpha value is -2.94. The lowest BCUT2D eigenvalue weighted by Gasteiger charge is -2.35. The second kappa shape index (κ2) is 9.91. The number of nitrogens with zero attached hydrogens (tertiary/aromatic N) is 4. The van der Waals surface area contributed by atoms with Gasteiger partial charge < -0.3 is 18.6 Å². The molecule has 8 nitrogen and oxygen atoms in total. The quantitative estimate of drug-likeness (QED) is 0.494. The van der Waals surface area contributed by atoms with Crippen molar-refractivity contribution in [3.8, 4) is 11.5 Å². The second-order valence-electron chi connectivity index (χ2n) is 7.67. The largest absolute Gasteiger partial charge is 0.466 e. The summed E-state index contributed by atoms with van der Waals surface area (Å²) in [5.41, 5.74) is 1.57. The Labute approximate surface area is 184 Å². The van der Waals surface area contributed by atoms with E-state index in [0.29, 0.717) is 36.9 Å². The van der Waals surface area contributed by atoms with Crippen molar-refractivity contribution in [1.29, 1.82) is 0 Å². The molecule has 1 amide bonds. The predicted octanol–water partition coefficient (Wildman–Crippen LogP) is 3.70. The van der Waals surface area contributed by atoms with Crippen LogP contribution in [-0.2, 0) is 23.0 Å². The topological polar surface area (TPSA) is 90.5 Å². The van der Waals surface area contributed by atoms with E-state index in [-0.39, 0.29) is 24.3 Å². The summed E-state index contributed by atoms with van der Waals surface area (Å²) in [4.78, 5) is 27.0. The van der Waals surface area contributed by atoms with Gasteiger partial charge >= 0.3 is 5.97 Å². The number of hydrogen-bond acceptors (Lipinski definition) is 7. The first kappa shape index (κ1) is 21.3. The van der Waals surface area contributed by atoms with Gasteiger partial charge in [0.2, 0.25) is 11.8 Å².